The van der Waals surface area contributed by atoms with Gasteiger partial charge in [0.1, 0.15) is 0 Å². The van der Waals surface area contributed by atoms with Crippen LogP contribution in [0.15, 0.2) is 24.5 Å². The van der Waals surface area contributed by atoms with Crippen molar-refractivity contribution in [1.82, 2.24) is 14.8 Å². The topological polar surface area (TPSA) is 37.3 Å². The van der Waals surface area contributed by atoms with Gasteiger partial charge in [-0.1, -0.05) is 6.92 Å². The predicted octanol–water partition coefficient (Wildman–Crippen LogP) is 2.12. The van der Waals surface area contributed by atoms with E-state index in [1.54, 1.807) is 0 Å². The summed E-state index contributed by atoms with van der Waals surface area (Å²) in [5, 5.41) is 3.03. The number of amides is 1. The summed E-state index contributed by atoms with van der Waals surface area (Å²) in [5.74, 6) is 0.792. The van der Waals surface area contributed by atoms with Crippen molar-refractivity contribution in [3.8, 4) is 0 Å². The van der Waals surface area contributed by atoms with E-state index in [4.69, 9.17) is 0 Å². The number of piperidine rings is 1. The molecule has 1 aromatic rings. The van der Waals surface area contributed by atoms with Gasteiger partial charge >= 0.3 is 0 Å². The summed E-state index contributed by atoms with van der Waals surface area (Å²) >= 11 is 0. The third-order valence-corrected chi connectivity index (χ3v) is 4.08. The van der Waals surface area contributed by atoms with E-state index in [0.29, 0.717) is 12.3 Å². The summed E-state index contributed by atoms with van der Waals surface area (Å²) in [5.41, 5.74) is 0. The lowest BCUT2D eigenvalue weighted by molar-refractivity contribution is -0.122. The Morgan fingerprint density at radius 2 is 1.90 bits per heavy atom. The van der Waals surface area contributed by atoms with Crippen molar-refractivity contribution in [2.75, 3.05) is 26.2 Å². The quantitative estimate of drug-likeness (QED) is 0.829. The fourth-order valence-electron chi connectivity index (χ4n) is 2.91. The molecular formula is C16H27N3O. The lowest BCUT2D eigenvalue weighted by atomic mass is 9.93. The molecule has 0 saturated carbocycles. The molecule has 1 amide bonds. The molecule has 0 aromatic carbocycles. The molecule has 4 nitrogen and oxygen atoms in total. The van der Waals surface area contributed by atoms with Crippen molar-refractivity contribution in [3.63, 3.8) is 0 Å². The molecule has 20 heavy (non-hydrogen) atoms. The molecule has 0 aliphatic carbocycles. The third kappa shape index (κ3) is 5.00. The zero-order valence-corrected chi connectivity index (χ0v) is 12.6. The largest absolute Gasteiger partial charge is 0.354 e. The van der Waals surface area contributed by atoms with Gasteiger partial charge in [0.25, 0.3) is 0 Å². The normalized spacial score (nSPS) is 17.2. The van der Waals surface area contributed by atoms with Crippen LogP contribution in [0.3, 0.4) is 0 Å². The van der Waals surface area contributed by atoms with Gasteiger partial charge in [-0.2, -0.15) is 0 Å². The van der Waals surface area contributed by atoms with E-state index in [0.717, 1.165) is 26.2 Å². The van der Waals surface area contributed by atoms with Gasteiger partial charge in [0, 0.05) is 31.9 Å². The minimum atomic E-state index is 0.214. The van der Waals surface area contributed by atoms with Crippen LogP contribution in [0.25, 0.3) is 0 Å². The van der Waals surface area contributed by atoms with Crippen molar-refractivity contribution in [3.05, 3.63) is 24.5 Å². The Morgan fingerprint density at radius 3 is 2.55 bits per heavy atom. The van der Waals surface area contributed by atoms with E-state index in [-0.39, 0.29) is 5.91 Å². The van der Waals surface area contributed by atoms with Gasteiger partial charge in [-0.25, -0.2) is 0 Å². The highest BCUT2D eigenvalue weighted by Crippen LogP contribution is 2.20. The Labute approximate surface area is 122 Å². The fraction of sp³-hybridized carbons (Fsp3) is 0.688. The highest BCUT2D eigenvalue weighted by molar-refractivity contribution is 5.76. The van der Waals surface area contributed by atoms with Gasteiger partial charge in [-0.15, -0.1) is 0 Å². The summed E-state index contributed by atoms with van der Waals surface area (Å²) in [6, 6.07) is 4.01. The van der Waals surface area contributed by atoms with Crippen LogP contribution >= 0.6 is 0 Å². The minimum Gasteiger partial charge on any atom is -0.354 e. The SMILES string of the molecule is CCCN1CCC(CC(=O)NCCn2cccc2)CC1. The second kappa shape index (κ2) is 8.10. The average Bonchev–Trinajstić information content (AvgIpc) is 2.94. The van der Waals surface area contributed by atoms with E-state index < -0.39 is 0 Å². The van der Waals surface area contributed by atoms with Crippen molar-refractivity contribution in [1.29, 1.82) is 0 Å². The van der Waals surface area contributed by atoms with Gasteiger partial charge < -0.3 is 14.8 Å². The predicted molar refractivity (Wildman–Crippen MR) is 81.5 cm³/mol. The molecule has 1 aliphatic heterocycles. The summed E-state index contributed by atoms with van der Waals surface area (Å²) in [4.78, 5) is 14.4. The number of hydrogen-bond donors (Lipinski definition) is 1. The second-order valence-corrected chi connectivity index (χ2v) is 5.76. The summed E-state index contributed by atoms with van der Waals surface area (Å²) in [7, 11) is 0. The van der Waals surface area contributed by atoms with E-state index in [9.17, 15) is 4.79 Å². The molecule has 0 unspecified atom stereocenters. The van der Waals surface area contributed by atoms with Gasteiger partial charge in [0.05, 0.1) is 0 Å². The average molecular weight is 277 g/mol. The number of nitrogens with one attached hydrogen (secondary N) is 1. The molecule has 0 bridgehead atoms. The highest BCUT2D eigenvalue weighted by atomic mass is 16.1. The van der Waals surface area contributed by atoms with Crippen LogP contribution in [0.4, 0.5) is 0 Å². The van der Waals surface area contributed by atoms with Gasteiger partial charge in [-0.05, 0) is 56.9 Å². The van der Waals surface area contributed by atoms with Crippen LogP contribution in [0.5, 0.6) is 0 Å². The van der Waals surface area contributed by atoms with Gasteiger partial charge in [0.2, 0.25) is 5.91 Å². The molecule has 1 aliphatic rings. The van der Waals surface area contributed by atoms with Gasteiger partial charge in [-0.3, -0.25) is 4.79 Å². The Hall–Kier alpha value is -1.29. The second-order valence-electron chi connectivity index (χ2n) is 5.76. The Bertz CT molecular complexity index is 380. The Morgan fingerprint density at radius 1 is 1.20 bits per heavy atom. The molecular weight excluding hydrogens is 250 g/mol. The van der Waals surface area contributed by atoms with Crippen LogP contribution in [0.2, 0.25) is 0 Å². The van der Waals surface area contributed by atoms with Crippen LogP contribution in [-0.2, 0) is 11.3 Å². The first-order valence-electron chi connectivity index (χ1n) is 7.87. The molecule has 4 heteroatoms. The molecule has 0 atom stereocenters. The van der Waals surface area contributed by atoms with E-state index >= 15 is 0 Å². The first-order valence-corrected chi connectivity index (χ1v) is 7.87. The summed E-state index contributed by atoms with van der Waals surface area (Å²) < 4.78 is 2.09. The Kier molecular flexibility index (Phi) is 6.12. The smallest absolute Gasteiger partial charge is 0.220 e. The molecule has 2 rings (SSSR count). The van der Waals surface area contributed by atoms with Crippen molar-refractivity contribution < 1.29 is 4.79 Å². The fourth-order valence-corrected chi connectivity index (χ4v) is 2.91. The zero-order chi connectivity index (χ0) is 14.2. The molecule has 1 fully saturated rings. The van der Waals surface area contributed by atoms with Crippen LogP contribution in [0.1, 0.15) is 32.6 Å². The maximum atomic E-state index is 11.9. The van der Waals surface area contributed by atoms with E-state index in [2.05, 4.69) is 21.7 Å². The summed E-state index contributed by atoms with van der Waals surface area (Å²) in [6.45, 7) is 7.33. The number of carbonyl (C=O) groups is 1. The molecule has 1 N–H and O–H groups in total. The molecule has 2 heterocycles. The van der Waals surface area contributed by atoms with E-state index in [1.165, 1.54) is 25.8 Å². The maximum Gasteiger partial charge on any atom is 0.220 e. The maximum absolute atomic E-state index is 11.9. The first kappa shape index (κ1) is 15.1. The van der Waals surface area contributed by atoms with Crippen molar-refractivity contribution in [2.24, 2.45) is 5.92 Å². The van der Waals surface area contributed by atoms with Crippen molar-refractivity contribution >= 4 is 5.91 Å². The van der Waals surface area contributed by atoms with Crippen molar-refractivity contribution in [2.45, 2.75) is 39.2 Å². The van der Waals surface area contributed by atoms with Gasteiger partial charge in [0.15, 0.2) is 0 Å². The standard InChI is InChI=1S/C16H27N3O/c1-2-8-18-11-5-15(6-12-18)14-16(20)17-7-13-19-9-3-4-10-19/h3-4,9-10,15H,2,5-8,11-14H2,1H3,(H,17,20). The first-order chi connectivity index (χ1) is 9.78. The zero-order valence-electron chi connectivity index (χ0n) is 12.6. The third-order valence-electron chi connectivity index (χ3n) is 4.08. The number of aromatic nitrogens is 1. The minimum absolute atomic E-state index is 0.214. The molecule has 112 valence electrons. The monoisotopic (exact) mass is 277 g/mol. The van der Waals surface area contributed by atoms with Crippen LogP contribution < -0.4 is 5.32 Å². The lowest BCUT2D eigenvalue weighted by Crippen LogP contribution is -2.36. The number of hydrogen-bond acceptors (Lipinski definition) is 2. The lowest BCUT2D eigenvalue weighted by Gasteiger charge is -2.31. The highest BCUT2D eigenvalue weighted by Gasteiger charge is 2.20. The van der Waals surface area contributed by atoms with Crippen LogP contribution in [-0.4, -0.2) is 41.6 Å². The molecule has 1 saturated heterocycles. The number of carbonyl (C=O) groups excluding carboxylic acids is 1. The number of nitrogens with zero attached hydrogens (tertiary/aromatic N) is 2. The Balaban J connectivity index is 1.58. The van der Waals surface area contributed by atoms with Crippen LogP contribution in [0, 0.1) is 5.92 Å². The molecule has 1 aromatic heterocycles. The molecule has 0 radical (unpaired) electrons. The number of rotatable bonds is 7. The summed E-state index contributed by atoms with van der Waals surface area (Å²) in [6.07, 6.45) is 8.32. The van der Waals surface area contributed by atoms with E-state index in [1.807, 2.05) is 24.5 Å². The number of likely N-dealkylation sites (tertiary alicyclic amines) is 1. The molecule has 0 spiro atoms.